The highest BCUT2D eigenvalue weighted by molar-refractivity contribution is 9.08. The molecule has 1 unspecified atom stereocenters. The molecular formula is C11H14BrN3OS. The summed E-state index contributed by atoms with van der Waals surface area (Å²) in [7, 11) is 2.11. The minimum atomic E-state index is 0.456. The van der Waals surface area contributed by atoms with Gasteiger partial charge >= 0.3 is 0 Å². The van der Waals surface area contributed by atoms with Gasteiger partial charge in [-0.25, -0.2) is 4.98 Å². The molecule has 0 saturated carbocycles. The highest BCUT2D eigenvalue weighted by atomic mass is 79.9. The Hall–Kier alpha value is -0.590. The van der Waals surface area contributed by atoms with Crippen molar-refractivity contribution in [2.75, 3.05) is 25.2 Å². The van der Waals surface area contributed by atoms with Crippen LogP contribution in [0, 0.1) is 0 Å². The van der Waals surface area contributed by atoms with Gasteiger partial charge in [-0.2, -0.15) is 0 Å². The van der Waals surface area contributed by atoms with Gasteiger partial charge in [0.25, 0.3) is 0 Å². The Bertz CT molecular complexity index is 518. The van der Waals surface area contributed by atoms with Crippen LogP contribution in [-0.2, 0) is 10.1 Å². The van der Waals surface area contributed by atoms with Crippen LogP contribution in [0.4, 0.5) is 5.82 Å². The van der Waals surface area contributed by atoms with Gasteiger partial charge in [0.15, 0.2) is 10.8 Å². The maximum atomic E-state index is 5.44. The first-order chi connectivity index (χ1) is 8.31. The summed E-state index contributed by atoms with van der Waals surface area (Å²) < 4.78 is 7.60. The van der Waals surface area contributed by atoms with Gasteiger partial charge in [-0.3, -0.25) is 4.40 Å². The lowest BCUT2D eigenvalue weighted by molar-refractivity contribution is 0.193. The van der Waals surface area contributed by atoms with E-state index in [0.717, 1.165) is 35.7 Å². The predicted octanol–water partition coefficient (Wildman–Crippen LogP) is 2.52. The highest BCUT2D eigenvalue weighted by Crippen LogP contribution is 2.28. The van der Waals surface area contributed by atoms with E-state index in [1.807, 2.05) is 0 Å². The molecule has 17 heavy (non-hydrogen) atoms. The van der Waals surface area contributed by atoms with Gasteiger partial charge < -0.3 is 9.64 Å². The summed E-state index contributed by atoms with van der Waals surface area (Å²) >= 11 is 5.23. The summed E-state index contributed by atoms with van der Waals surface area (Å²) in [5.41, 5.74) is 1.22. The fourth-order valence-electron chi connectivity index (χ4n) is 2.23. The SMILES string of the molecule is CN(c1nc2sccn2c1CBr)C1CCOC1. The van der Waals surface area contributed by atoms with Crippen LogP contribution >= 0.6 is 27.3 Å². The van der Waals surface area contributed by atoms with Crippen LogP contribution in [0.15, 0.2) is 11.6 Å². The van der Waals surface area contributed by atoms with Gasteiger partial charge in [0, 0.05) is 30.6 Å². The van der Waals surface area contributed by atoms with E-state index in [0.29, 0.717) is 6.04 Å². The van der Waals surface area contributed by atoms with E-state index in [2.05, 4.69) is 43.9 Å². The number of rotatable bonds is 3. The fourth-order valence-corrected chi connectivity index (χ4v) is 3.48. The Morgan fingerprint density at radius 2 is 2.59 bits per heavy atom. The smallest absolute Gasteiger partial charge is 0.195 e. The summed E-state index contributed by atoms with van der Waals surface area (Å²) in [4.78, 5) is 8.02. The second-order valence-corrected chi connectivity index (χ2v) is 5.63. The van der Waals surface area contributed by atoms with Crippen LogP contribution in [0.3, 0.4) is 0 Å². The van der Waals surface area contributed by atoms with Crippen molar-refractivity contribution in [2.24, 2.45) is 0 Å². The van der Waals surface area contributed by atoms with Gasteiger partial charge in [0.05, 0.1) is 18.3 Å². The van der Waals surface area contributed by atoms with Crippen molar-refractivity contribution >= 4 is 38.0 Å². The number of hydrogen-bond acceptors (Lipinski definition) is 4. The Kier molecular flexibility index (Phi) is 3.10. The molecule has 2 aromatic heterocycles. The molecule has 1 aliphatic rings. The Labute approximate surface area is 112 Å². The molecule has 2 aromatic rings. The number of aromatic nitrogens is 2. The quantitative estimate of drug-likeness (QED) is 0.815. The number of halogens is 1. The Balaban J connectivity index is 2.00. The number of thiazole rings is 1. The second kappa shape index (κ2) is 4.59. The maximum absolute atomic E-state index is 5.44. The minimum absolute atomic E-state index is 0.456. The molecule has 1 saturated heterocycles. The molecule has 4 nitrogen and oxygen atoms in total. The summed E-state index contributed by atoms with van der Waals surface area (Å²) in [6.07, 6.45) is 3.16. The number of anilines is 1. The van der Waals surface area contributed by atoms with Gasteiger partial charge in [-0.1, -0.05) is 15.9 Å². The second-order valence-electron chi connectivity index (χ2n) is 4.20. The van der Waals surface area contributed by atoms with Crippen LogP contribution in [0.25, 0.3) is 4.96 Å². The number of likely N-dealkylation sites (N-methyl/N-ethyl adjacent to an activating group) is 1. The monoisotopic (exact) mass is 315 g/mol. The largest absolute Gasteiger partial charge is 0.379 e. The van der Waals surface area contributed by atoms with Crippen molar-refractivity contribution in [1.29, 1.82) is 0 Å². The average Bonchev–Trinajstić information content (AvgIpc) is 3.03. The number of fused-ring (bicyclic) bond motifs is 1. The van der Waals surface area contributed by atoms with Crippen molar-refractivity contribution in [3.63, 3.8) is 0 Å². The van der Waals surface area contributed by atoms with E-state index in [1.54, 1.807) is 11.3 Å². The maximum Gasteiger partial charge on any atom is 0.195 e. The normalized spacial score (nSPS) is 20.2. The van der Waals surface area contributed by atoms with Crippen LogP contribution < -0.4 is 4.90 Å². The molecule has 0 bridgehead atoms. The zero-order chi connectivity index (χ0) is 11.8. The van der Waals surface area contributed by atoms with Crippen LogP contribution in [0.5, 0.6) is 0 Å². The molecular weight excluding hydrogens is 302 g/mol. The van der Waals surface area contributed by atoms with Gasteiger partial charge in [-0.05, 0) is 6.42 Å². The molecule has 3 rings (SSSR count). The highest BCUT2D eigenvalue weighted by Gasteiger charge is 2.25. The van der Waals surface area contributed by atoms with Crippen LogP contribution in [-0.4, -0.2) is 35.7 Å². The average molecular weight is 316 g/mol. The van der Waals surface area contributed by atoms with E-state index in [9.17, 15) is 0 Å². The van der Waals surface area contributed by atoms with Crippen molar-refractivity contribution in [1.82, 2.24) is 9.38 Å². The molecule has 92 valence electrons. The lowest BCUT2D eigenvalue weighted by atomic mass is 10.2. The third-order valence-electron chi connectivity index (χ3n) is 3.25. The van der Waals surface area contributed by atoms with Crippen LogP contribution in [0.2, 0.25) is 0 Å². The third-order valence-corrected chi connectivity index (χ3v) is 4.54. The summed E-state index contributed by atoms with van der Waals surface area (Å²) in [5, 5.41) is 2.88. The number of imidazole rings is 1. The van der Waals surface area contributed by atoms with Crippen LogP contribution in [0.1, 0.15) is 12.1 Å². The number of nitrogens with zero attached hydrogens (tertiary/aromatic N) is 3. The van der Waals surface area contributed by atoms with E-state index in [4.69, 9.17) is 9.72 Å². The van der Waals surface area contributed by atoms with Gasteiger partial charge in [-0.15, -0.1) is 11.3 Å². The van der Waals surface area contributed by atoms with Crippen molar-refractivity contribution in [3.05, 3.63) is 17.3 Å². The lowest BCUT2D eigenvalue weighted by Gasteiger charge is -2.23. The first-order valence-corrected chi connectivity index (χ1v) is 7.62. The zero-order valence-electron chi connectivity index (χ0n) is 9.60. The van der Waals surface area contributed by atoms with Gasteiger partial charge in [0.1, 0.15) is 0 Å². The first-order valence-electron chi connectivity index (χ1n) is 5.62. The molecule has 1 fully saturated rings. The summed E-state index contributed by atoms with van der Waals surface area (Å²) in [6.45, 7) is 1.67. The molecule has 0 aromatic carbocycles. The van der Waals surface area contributed by atoms with Crippen molar-refractivity contribution in [3.8, 4) is 0 Å². The number of alkyl halides is 1. The molecule has 0 aliphatic carbocycles. The molecule has 1 aliphatic heterocycles. The van der Waals surface area contributed by atoms with E-state index in [-0.39, 0.29) is 0 Å². The standard InChI is InChI=1S/C11H14BrN3OS/c1-14(8-2-4-16-7-8)10-9(6-12)15-3-5-17-11(15)13-10/h3,5,8H,2,4,6-7H2,1H3. The minimum Gasteiger partial charge on any atom is -0.379 e. The predicted molar refractivity (Wildman–Crippen MR) is 73.3 cm³/mol. The van der Waals surface area contributed by atoms with Gasteiger partial charge in [0.2, 0.25) is 0 Å². The third kappa shape index (κ3) is 1.88. The summed E-state index contributed by atoms with van der Waals surface area (Å²) in [6, 6.07) is 0.456. The molecule has 1 atom stereocenters. The molecule has 0 amide bonds. The van der Waals surface area contributed by atoms with Crippen molar-refractivity contribution in [2.45, 2.75) is 17.8 Å². The Morgan fingerprint density at radius 1 is 1.71 bits per heavy atom. The summed E-state index contributed by atoms with van der Waals surface area (Å²) in [5.74, 6) is 1.07. The molecule has 0 N–H and O–H groups in total. The molecule has 3 heterocycles. The van der Waals surface area contributed by atoms with E-state index in [1.165, 1.54) is 5.69 Å². The molecule has 6 heteroatoms. The van der Waals surface area contributed by atoms with Crippen molar-refractivity contribution < 1.29 is 4.74 Å². The molecule has 0 spiro atoms. The van der Waals surface area contributed by atoms with E-state index < -0.39 is 0 Å². The topological polar surface area (TPSA) is 29.8 Å². The lowest BCUT2D eigenvalue weighted by Crippen LogP contribution is -2.32. The van der Waals surface area contributed by atoms with E-state index >= 15 is 0 Å². The number of hydrogen-bond donors (Lipinski definition) is 0. The molecule has 0 radical (unpaired) electrons. The Morgan fingerprint density at radius 3 is 3.29 bits per heavy atom. The zero-order valence-corrected chi connectivity index (χ0v) is 12.0. The fraction of sp³-hybridized carbons (Fsp3) is 0.545. The first kappa shape index (κ1) is 11.5. The number of ether oxygens (including phenoxy) is 1.